The van der Waals surface area contributed by atoms with Gasteiger partial charge in [0.25, 0.3) is 5.69 Å². The van der Waals surface area contributed by atoms with Gasteiger partial charge in [0.1, 0.15) is 6.07 Å². The van der Waals surface area contributed by atoms with Gasteiger partial charge in [-0.25, -0.2) is 0 Å². The first-order chi connectivity index (χ1) is 8.61. The van der Waals surface area contributed by atoms with Crippen molar-refractivity contribution in [1.82, 2.24) is 0 Å². The smallest absolute Gasteiger partial charge is 0.270 e. The molecule has 0 amide bonds. The van der Waals surface area contributed by atoms with E-state index in [0.29, 0.717) is 5.69 Å². The molecule has 1 aliphatic carbocycles. The highest BCUT2D eigenvalue weighted by atomic mass is 16.6. The summed E-state index contributed by atoms with van der Waals surface area (Å²) in [7, 11) is 0. The van der Waals surface area contributed by atoms with E-state index in [9.17, 15) is 10.1 Å². The highest BCUT2D eigenvalue weighted by Crippen LogP contribution is 2.26. The minimum Gasteiger partial charge on any atom is -0.380 e. The first-order valence-electron chi connectivity index (χ1n) is 5.82. The van der Waals surface area contributed by atoms with Gasteiger partial charge in [0.05, 0.1) is 16.2 Å². The molecule has 2 atom stereocenters. The number of nitriles is 1. The van der Waals surface area contributed by atoms with Crippen molar-refractivity contribution in [3.05, 3.63) is 33.9 Å². The number of rotatable bonds is 3. The van der Waals surface area contributed by atoms with Gasteiger partial charge in [0.2, 0.25) is 0 Å². The minimum absolute atomic E-state index is 0.0757. The van der Waals surface area contributed by atoms with Crippen LogP contribution >= 0.6 is 0 Å². The fourth-order valence-electron chi connectivity index (χ4n) is 2.23. The molecule has 1 aromatic carbocycles. The molecule has 2 rings (SSSR count). The molecule has 0 bridgehead atoms. The zero-order valence-corrected chi connectivity index (χ0v) is 9.80. The van der Waals surface area contributed by atoms with Crippen LogP contribution in [0.1, 0.15) is 24.8 Å². The second-order valence-corrected chi connectivity index (χ2v) is 4.44. The molecular weight excluding hydrogens is 232 g/mol. The van der Waals surface area contributed by atoms with Crippen LogP contribution in [-0.4, -0.2) is 17.0 Å². The summed E-state index contributed by atoms with van der Waals surface area (Å²) >= 11 is 0. The monoisotopic (exact) mass is 246 g/mol. The molecule has 0 aliphatic heterocycles. The maximum absolute atomic E-state index is 10.6. The lowest BCUT2D eigenvalue weighted by atomic mass is 10.1. The maximum Gasteiger partial charge on any atom is 0.270 e. The number of nitro benzene ring substituents is 1. The highest BCUT2D eigenvalue weighted by molar-refractivity contribution is 5.62. The van der Waals surface area contributed by atoms with E-state index in [1.165, 1.54) is 12.1 Å². The number of nitrogens with one attached hydrogen (secondary N) is 1. The van der Waals surface area contributed by atoms with E-state index >= 15 is 0 Å². The Morgan fingerprint density at radius 1 is 1.50 bits per heavy atom. The lowest BCUT2D eigenvalue weighted by molar-refractivity contribution is -0.384. The third kappa shape index (κ3) is 2.41. The molecular formula is C12H14N4O2. The summed E-state index contributed by atoms with van der Waals surface area (Å²) < 4.78 is 0. The SMILES string of the molecule is N#Cc1cc([N+](=O)[O-])ccc1NC1CCCC1N. The third-order valence-electron chi connectivity index (χ3n) is 3.24. The molecule has 3 N–H and O–H groups in total. The molecule has 1 saturated carbocycles. The molecule has 2 unspecified atom stereocenters. The molecule has 18 heavy (non-hydrogen) atoms. The van der Waals surface area contributed by atoms with Crippen LogP contribution in [0.4, 0.5) is 11.4 Å². The number of nitrogens with two attached hydrogens (primary N) is 1. The zero-order chi connectivity index (χ0) is 13.1. The lowest BCUT2D eigenvalue weighted by Crippen LogP contribution is -2.35. The minimum atomic E-state index is -0.508. The molecule has 1 fully saturated rings. The van der Waals surface area contributed by atoms with Gasteiger partial charge in [-0.05, 0) is 25.3 Å². The number of benzene rings is 1. The molecule has 0 radical (unpaired) electrons. The van der Waals surface area contributed by atoms with Crippen molar-refractivity contribution in [2.75, 3.05) is 5.32 Å². The summed E-state index contributed by atoms with van der Waals surface area (Å²) in [6, 6.07) is 6.43. The average molecular weight is 246 g/mol. The van der Waals surface area contributed by atoms with E-state index in [-0.39, 0.29) is 23.3 Å². The molecule has 1 aromatic rings. The number of nitro groups is 1. The topological polar surface area (TPSA) is 105 Å². The highest BCUT2D eigenvalue weighted by Gasteiger charge is 2.24. The van der Waals surface area contributed by atoms with Gasteiger partial charge in [0.15, 0.2) is 0 Å². The number of hydrogen-bond acceptors (Lipinski definition) is 5. The Hall–Kier alpha value is -2.13. The summed E-state index contributed by atoms with van der Waals surface area (Å²) in [6.45, 7) is 0. The Balaban J connectivity index is 2.23. The molecule has 0 aromatic heterocycles. The van der Waals surface area contributed by atoms with Crippen LogP contribution in [0.25, 0.3) is 0 Å². The van der Waals surface area contributed by atoms with Crippen LogP contribution in [0.15, 0.2) is 18.2 Å². The normalized spacial score (nSPS) is 22.4. The maximum atomic E-state index is 10.6. The van der Waals surface area contributed by atoms with E-state index in [2.05, 4.69) is 5.32 Å². The molecule has 0 spiro atoms. The fraction of sp³-hybridized carbons (Fsp3) is 0.417. The Morgan fingerprint density at radius 2 is 2.28 bits per heavy atom. The van der Waals surface area contributed by atoms with Gasteiger partial charge in [-0.3, -0.25) is 10.1 Å². The van der Waals surface area contributed by atoms with Crippen LogP contribution in [0.3, 0.4) is 0 Å². The van der Waals surface area contributed by atoms with Crippen molar-refractivity contribution in [3.63, 3.8) is 0 Å². The van der Waals surface area contributed by atoms with Gasteiger partial charge in [0, 0.05) is 24.2 Å². The van der Waals surface area contributed by atoms with Crippen LogP contribution in [-0.2, 0) is 0 Å². The van der Waals surface area contributed by atoms with E-state index in [1.807, 2.05) is 6.07 Å². The van der Waals surface area contributed by atoms with E-state index < -0.39 is 4.92 Å². The second kappa shape index (κ2) is 5.02. The Kier molecular flexibility index (Phi) is 3.44. The van der Waals surface area contributed by atoms with Crippen molar-refractivity contribution in [2.24, 2.45) is 5.73 Å². The lowest BCUT2D eigenvalue weighted by Gasteiger charge is -2.19. The van der Waals surface area contributed by atoms with E-state index in [4.69, 9.17) is 11.0 Å². The van der Waals surface area contributed by atoms with Gasteiger partial charge >= 0.3 is 0 Å². The van der Waals surface area contributed by atoms with Crippen LogP contribution in [0, 0.1) is 21.4 Å². The van der Waals surface area contributed by atoms with Gasteiger partial charge in [-0.2, -0.15) is 5.26 Å². The van der Waals surface area contributed by atoms with Crippen molar-refractivity contribution < 1.29 is 4.92 Å². The predicted octanol–water partition coefficient (Wildman–Crippen LogP) is 1.76. The first kappa shape index (κ1) is 12.3. The van der Waals surface area contributed by atoms with E-state index in [0.717, 1.165) is 19.3 Å². The molecule has 0 saturated heterocycles. The summed E-state index contributed by atoms with van der Waals surface area (Å²) in [5.41, 5.74) is 6.76. The average Bonchev–Trinajstić information content (AvgIpc) is 2.75. The van der Waals surface area contributed by atoms with Crippen molar-refractivity contribution in [1.29, 1.82) is 5.26 Å². The fourth-order valence-corrected chi connectivity index (χ4v) is 2.23. The van der Waals surface area contributed by atoms with Crippen molar-refractivity contribution in [3.8, 4) is 6.07 Å². The first-order valence-corrected chi connectivity index (χ1v) is 5.82. The quantitative estimate of drug-likeness (QED) is 0.624. The Bertz CT molecular complexity index is 509. The molecule has 1 aliphatic rings. The molecule has 6 nitrogen and oxygen atoms in total. The summed E-state index contributed by atoms with van der Waals surface area (Å²) in [5, 5.41) is 22.9. The van der Waals surface area contributed by atoms with Crippen LogP contribution < -0.4 is 11.1 Å². The molecule has 94 valence electrons. The summed E-state index contributed by atoms with van der Waals surface area (Å²) in [6.07, 6.45) is 2.99. The third-order valence-corrected chi connectivity index (χ3v) is 3.24. The van der Waals surface area contributed by atoms with Gasteiger partial charge < -0.3 is 11.1 Å². The largest absolute Gasteiger partial charge is 0.380 e. The van der Waals surface area contributed by atoms with Crippen molar-refractivity contribution >= 4 is 11.4 Å². The standard InChI is InChI=1S/C12H14N4O2/c13-7-8-6-9(16(17)18)4-5-11(8)15-12-3-1-2-10(12)14/h4-6,10,12,15H,1-3,14H2. The van der Waals surface area contributed by atoms with Crippen LogP contribution in [0.5, 0.6) is 0 Å². The summed E-state index contributed by atoms with van der Waals surface area (Å²) in [4.78, 5) is 10.1. The Labute approximate surface area is 105 Å². The summed E-state index contributed by atoms with van der Waals surface area (Å²) in [5.74, 6) is 0. The Morgan fingerprint density at radius 3 is 2.83 bits per heavy atom. The van der Waals surface area contributed by atoms with E-state index in [1.54, 1.807) is 6.07 Å². The molecule has 0 heterocycles. The predicted molar refractivity (Wildman–Crippen MR) is 67.0 cm³/mol. The second-order valence-electron chi connectivity index (χ2n) is 4.44. The number of hydrogen-bond donors (Lipinski definition) is 2. The van der Waals surface area contributed by atoms with Crippen molar-refractivity contribution in [2.45, 2.75) is 31.3 Å². The number of anilines is 1. The zero-order valence-electron chi connectivity index (χ0n) is 9.80. The number of non-ortho nitro benzene ring substituents is 1. The molecule has 6 heteroatoms. The van der Waals surface area contributed by atoms with Gasteiger partial charge in [-0.15, -0.1) is 0 Å². The number of nitrogens with zero attached hydrogens (tertiary/aromatic N) is 2. The van der Waals surface area contributed by atoms with Crippen LogP contribution in [0.2, 0.25) is 0 Å². The van der Waals surface area contributed by atoms with Gasteiger partial charge in [-0.1, -0.05) is 0 Å².